The number of alkyl halides is 4. The minimum Gasteiger partial charge on any atom is -0.310 e. The highest BCUT2D eigenvalue weighted by Gasteiger charge is 2.52. The maximum Gasteiger partial charge on any atom is 0.406 e. The molecule has 0 saturated carbocycles. The number of rotatable bonds is 7. The Hall–Kier alpha value is -1.37. The number of urea groups is 1. The Labute approximate surface area is 181 Å². The summed E-state index contributed by atoms with van der Waals surface area (Å²) in [5.74, 6) is 0. The smallest absolute Gasteiger partial charge is 0.310 e. The second kappa shape index (κ2) is 10.8. The Balaban J connectivity index is 2.00. The average Bonchev–Trinajstić information content (AvgIpc) is 2.62. The van der Waals surface area contributed by atoms with E-state index in [1.54, 1.807) is 0 Å². The zero-order chi connectivity index (χ0) is 22.5. The van der Waals surface area contributed by atoms with Gasteiger partial charge in [-0.05, 0) is 51.8 Å². The van der Waals surface area contributed by atoms with Gasteiger partial charge in [-0.1, -0.05) is 23.2 Å². The van der Waals surface area contributed by atoms with Gasteiger partial charge in [0.05, 0.1) is 16.2 Å². The van der Waals surface area contributed by atoms with Gasteiger partial charge < -0.3 is 15.5 Å². The molecule has 170 valence electrons. The fourth-order valence-electron chi connectivity index (χ4n) is 2.84. The summed E-state index contributed by atoms with van der Waals surface area (Å²) in [6.45, 7) is 0.981. The van der Waals surface area contributed by atoms with E-state index in [-0.39, 0.29) is 15.7 Å². The summed E-state index contributed by atoms with van der Waals surface area (Å²) in [5.41, 5.74) is 0.284. The molecular weight excluding hydrogens is 451 g/mol. The van der Waals surface area contributed by atoms with Gasteiger partial charge in [0.2, 0.25) is 0 Å². The lowest BCUT2D eigenvalue weighted by molar-refractivity contribution is -0.184. The van der Waals surface area contributed by atoms with Gasteiger partial charge in [-0.15, -0.1) is 0 Å². The molecule has 0 aromatic heterocycles. The van der Waals surface area contributed by atoms with Crippen LogP contribution in [0.15, 0.2) is 18.2 Å². The maximum atomic E-state index is 14.5. The van der Waals surface area contributed by atoms with Crippen LogP contribution in [-0.4, -0.2) is 69.0 Å². The summed E-state index contributed by atoms with van der Waals surface area (Å²) in [5, 5.41) is 12.6. The number of nitrogens with one attached hydrogen (secondary N) is 5. The molecule has 1 saturated heterocycles. The highest BCUT2D eigenvalue weighted by molar-refractivity contribution is 6.42. The predicted octanol–water partition coefficient (Wildman–Crippen LogP) is 2.73. The number of nitrogens with zero attached hydrogens (tertiary/aromatic N) is 1. The SMILES string of the molecule is CN(C)CCCNC1NC(NC(=O)Nc2ccc(Cl)c(Cl)c2)NC(C(F)(F)F)C1F. The van der Waals surface area contributed by atoms with Gasteiger partial charge in [0.15, 0.2) is 6.17 Å². The van der Waals surface area contributed by atoms with E-state index in [2.05, 4.69) is 21.3 Å². The molecule has 2 amide bonds. The molecule has 1 fully saturated rings. The van der Waals surface area contributed by atoms with Crippen LogP contribution < -0.4 is 26.6 Å². The zero-order valence-corrected chi connectivity index (χ0v) is 17.8. The number of hydrogen-bond donors (Lipinski definition) is 5. The lowest BCUT2D eigenvalue weighted by Crippen LogP contribution is -2.75. The van der Waals surface area contributed by atoms with Crippen LogP contribution in [0.3, 0.4) is 0 Å². The summed E-state index contributed by atoms with van der Waals surface area (Å²) in [6, 6.07) is 1.04. The summed E-state index contributed by atoms with van der Waals surface area (Å²) >= 11 is 11.7. The number of anilines is 1. The fourth-order valence-corrected chi connectivity index (χ4v) is 3.14. The Morgan fingerprint density at radius 2 is 1.90 bits per heavy atom. The molecule has 4 unspecified atom stereocenters. The van der Waals surface area contributed by atoms with Crippen LogP contribution in [0, 0.1) is 0 Å². The first kappa shape index (κ1) is 24.9. The van der Waals surface area contributed by atoms with E-state index in [0.717, 1.165) is 0 Å². The number of carbonyl (C=O) groups is 1. The summed E-state index contributed by atoms with van der Waals surface area (Å²) in [7, 11) is 3.71. The molecule has 7 nitrogen and oxygen atoms in total. The quantitative estimate of drug-likeness (QED) is 0.310. The van der Waals surface area contributed by atoms with Gasteiger partial charge in [-0.3, -0.25) is 16.0 Å². The number of hydrogen-bond acceptors (Lipinski definition) is 5. The second-order valence-corrected chi connectivity index (χ2v) is 7.86. The maximum absolute atomic E-state index is 14.5. The Morgan fingerprint density at radius 1 is 1.20 bits per heavy atom. The first-order chi connectivity index (χ1) is 14.0. The Kier molecular flexibility index (Phi) is 8.95. The number of amides is 2. The van der Waals surface area contributed by atoms with Gasteiger partial charge in [-0.2, -0.15) is 13.2 Å². The molecule has 1 aliphatic rings. The molecule has 2 rings (SSSR count). The third-order valence-corrected chi connectivity index (χ3v) is 5.02. The monoisotopic (exact) mass is 474 g/mol. The normalized spacial score (nSPS) is 24.7. The van der Waals surface area contributed by atoms with Crippen molar-refractivity contribution in [1.29, 1.82) is 0 Å². The van der Waals surface area contributed by atoms with Crippen LogP contribution in [0.2, 0.25) is 10.0 Å². The Bertz CT molecular complexity index is 724. The van der Waals surface area contributed by atoms with E-state index in [1.165, 1.54) is 18.2 Å². The van der Waals surface area contributed by atoms with Crippen molar-refractivity contribution < 1.29 is 22.4 Å². The molecule has 1 aromatic carbocycles. The third kappa shape index (κ3) is 7.40. The van der Waals surface area contributed by atoms with Gasteiger partial charge in [-0.25, -0.2) is 9.18 Å². The molecule has 0 bridgehead atoms. The lowest BCUT2D eigenvalue weighted by atomic mass is 10.1. The molecule has 4 atom stereocenters. The second-order valence-electron chi connectivity index (χ2n) is 7.05. The highest BCUT2D eigenvalue weighted by Crippen LogP contribution is 2.28. The highest BCUT2D eigenvalue weighted by atomic mass is 35.5. The van der Waals surface area contributed by atoms with Gasteiger partial charge in [0.1, 0.15) is 12.3 Å². The van der Waals surface area contributed by atoms with Crippen LogP contribution >= 0.6 is 23.2 Å². The Morgan fingerprint density at radius 3 is 2.50 bits per heavy atom. The molecule has 0 radical (unpaired) electrons. The molecule has 5 N–H and O–H groups in total. The van der Waals surface area contributed by atoms with Gasteiger partial charge >= 0.3 is 12.2 Å². The van der Waals surface area contributed by atoms with E-state index in [0.29, 0.717) is 19.5 Å². The van der Waals surface area contributed by atoms with Crippen molar-refractivity contribution in [3.8, 4) is 0 Å². The van der Waals surface area contributed by atoms with Crippen LogP contribution in [0.25, 0.3) is 0 Å². The van der Waals surface area contributed by atoms with Crippen LogP contribution in [0.4, 0.5) is 28.0 Å². The van der Waals surface area contributed by atoms with Crippen molar-refractivity contribution in [2.24, 2.45) is 0 Å². The summed E-state index contributed by atoms with van der Waals surface area (Å²) in [4.78, 5) is 14.1. The van der Waals surface area contributed by atoms with E-state index < -0.39 is 36.9 Å². The van der Waals surface area contributed by atoms with Gasteiger partial charge in [0, 0.05) is 5.69 Å². The zero-order valence-electron chi connectivity index (χ0n) is 16.3. The lowest BCUT2D eigenvalue weighted by Gasteiger charge is -2.41. The standard InChI is InChI=1S/C17H24Cl2F4N6O/c1-29(2)7-3-6-24-14-12(20)13(17(21,22)23)26-15(27-14)28-16(30)25-9-4-5-10(18)11(19)8-9/h4-5,8,12-15,24,26-27H,3,6-7H2,1-2H3,(H2,25,28,30). The first-order valence-corrected chi connectivity index (χ1v) is 9.86. The molecule has 1 aliphatic heterocycles. The topological polar surface area (TPSA) is 80.5 Å². The van der Waals surface area contributed by atoms with Gasteiger partial charge in [0.25, 0.3) is 0 Å². The van der Waals surface area contributed by atoms with Crippen molar-refractivity contribution in [2.75, 3.05) is 32.5 Å². The van der Waals surface area contributed by atoms with Crippen molar-refractivity contribution >= 4 is 34.9 Å². The molecule has 0 aliphatic carbocycles. The van der Waals surface area contributed by atoms with Crippen LogP contribution in [0.1, 0.15) is 6.42 Å². The van der Waals surface area contributed by atoms with E-state index in [1.807, 2.05) is 24.3 Å². The molecular formula is C17H24Cl2F4N6O. The van der Waals surface area contributed by atoms with E-state index >= 15 is 0 Å². The molecule has 1 aromatic rings. The predicted molar refractivity (Wildman–Crippen MR) is 108 cm³/mol. The summed E-state index contributed by atoms with van der Waals surface area (Å²) < 4.78 is 54.3. The summed E-state index contributed by atoms with van der Waals surface area (Å²) in [6.07, 6.45) is -9.17. The van der Waals surface area contributed by atoms with E-state index in [9.17, 15) is 22.4 Å². The van der Waals surface area contributed by atoms with Crippen molar-refractivity contribution in [2.45, 2.75) is 37.3 Å². The third-order valence-electron chi connectivity index (χ3n) is 4.28. The number of carbonyl (C=O) groups excluding carboxylic acids is 1. The largest absolute Gasteiger partial charge is 0.406 e. The first-order valence-electron chi connectivity index (χ1n) is 9.11. The average molecular weight is 475 g/mol. The fraction of sp³-hybridized carbons (Fsp3) is 0.588. The van der Waals surface area contributed by atoms with Crippen LogP contribution in [-0.2, 0) is 0 Å². The van der Waals surface area contributed by atoms with Crippen LogP contribution in [0.5, 0.6) is 0 Å². The van der Waals surface area contributed by atoms with E-state index in [4.69, 9.17) is 23.2 Å². The molecule has 0 spiro atoms. The van der Waals surface area contributed by atoms with Crippen molar-refractivity contribution in [1.82, 2.24) is 26.2 Å². The minimum absolute atomic E-state index is 0.197. The van der Waals surface area contributed by atoms with Crippen molar-refractivity contribution in [3.63, 3.8) is 0 Å². The van der Waals surface area contributed by atoms with Crippen molar-refractivity contribution in [3.05, 3.63) is 28.2 Å². The molecule has 30 heavy (non-hydrogen) atoms. The number of benzene rings is 1. The molecule has 1 heterocycles. The molecule has 13 heteroatoms. The minimum atomic E-state index is -4.84. The number of halogens is 6.